The molecule has 1 unspecified atom stereocenters. The number of hydrogen-bond acceptors (Lipinski definition) is 2. The predicted octanol–water partition coefficient (Wildman–Crippen LogP) is 1.82. The lowest BCUT2D eigenvalue weighted by Crippen LogP contribution is -2.38. The van der Waals surface area contributed by atoms with Crippen molar-refractivity contribution in [2.45, 2.75) is 38.7 Å². The quantitative estimate of drug-likeness (QED) is 0.685. The van der Waals surface area contributed by atoms with Gasteiger partial charge >= 0.3 is 0 Å². The predicted molar refractivity (Wildman–Crippen MR) is 49.0 cm³/mol. The maximum Gasteiger partial charge on any atom is 0.0910 e. The Balaban J connectivity index is 2.45. The molecule has 0 aliphatic heterocycles. The summed E-state index contributed by atoms with van der Waals surface area (Å²) in [6.45, 7) is 4.78. The van der Waals surface area contributed by atoms with Crippen LogP contribution in [0, 0.1) is 11.8 Å². The smallest absolute Gasteiger partial charge is 0.0910 e. The summed E-state index contributed by atoms with van der Waals surface area (Å²) < 4.78 is 5.06. The summed E-state index contributed by atoms with van der Waals surface area (Å²) in [5.74, 6) is 1.05. The lowest BCUT2D eigenvalue weighted by atomic mass is 9.89. The topological polar surface area (TPSA) is 29.5 Å². The molecule has 72 valence electrons. The van der Waals surface area contributed by atoms with E-state index in [0.717, 1.165) is 6.42 Å². The van der Waals surface area contributed by atoms with Crippen LogP contribution in [0.15, 0.2) is 0 Å². The molecule has 0 spiro atoms. The van der Waals surface area contributed by atoms with E-state index in [1.54, 1.807) is 7.11 Å². The van der Waals surface area contributed by atoms with Crippen LogP contribution in [-0.4, -0.2) is 24.4 Å². The third-order valence-corrected chi connectivity index (χ3v) is 2.49. The molecule has 0 aromatic rings. The number of methoxy groups -OCH3 is 1. The second-order valence-electron chi connectivity index (χ2n) is 4.41. The van der Waals surface area contributed by atoms with Gasteiger partial charge in [-0.15, -0.1) is 0 Å². The minimum absolute atomic E-state index is 0.496. The normalized spacial score (nSPS) is 22.8. The zero-order valence-electron chi connectivity index (χ0n) is 8.34. The van der Waals surface area contributed by atoms with E-state index >= 15 is 0 Å². The molecule has 0 bridgehead atoms. The van der Waals surface area contributed by atoms with E-state index in [1.165, 1.54) is 12.8 Å². The minimum Gasteiger partial charge on any atom is -0.387 e. The molecule has 1 saturated carbocycles. The van der Waals surface area contributed by atoms with E-state index in [4.69, 9.17) is 4.74 Å². The van der Waals surface area contributed by atoms with Crippen molar-refractivity contribution < 1.29 is 9.84 Å². The Morgan fingerprint density at radius 2 is 2.08 bits per heavy atom. The molecule has 0 radical (unpaired) electrons. The van der Waals surface area contributed by atoms with E-state index in [-0.39, 0.29) is 0 Å². The van der Waals surface area contributed by atoms with Crippen LogP contribution in [0.5, 0.6) is 0 Å². The summed E-state index contributed by atoms with van der Waals surface area (Å²) in [7, 11) is 1.66. The molecule has 2 nitrogen and oxygen atoms in total. The van der Waals surface area contributed by atoms with E-state index in [2.05, 4.69) is 13.8 Å². The van der Waals surface area contributed by atoms with Crippen LogP contribution >= 0.6 is 0 Å². The van der Waals surface area contributed by atoms with Gasteiger partial charge in [-0.25, -0.2) is 0 Å². The summed E-state index contributed by atoms with van der Waals surface area (Å²) in [6, 6.07) is 0. The van der Waals surface area contributed by atoms with Crippen molar-refractivity contribution in [2.24, 2.45) is 11.8 Å². The molecule has 2 heteroatoms. The Kier molecular flexibility index (Phi) is 3.13. The van der Waals surface area contributed by atoms with Crippen LogP contribution in [0.1, 0.15) is 33.1 Å². The lowest BCUT2D eigenvalue weighted by Gasteiger charge is -2.29. The molecule has 0 saturated heterocycles. The molecule has 12 heavy (non-hydrogen) atoms. The average Bonchev–Trinajstić information content (AvgIpc) is 2.65. The Bertz CT molecular complexity index is 141. The third kappa shape index (κ3) is 2.46. The fourth-order valence-electron chi connectivity index (χ4n) is 1.92. The first-order chi connectivity index (χ1) is 5.58. The van der Waals surface area contributed by atoms with Gasteiger partial charge < -0.3 is 9.84 Å². The van der Waals surface area contributed by atoms with E-state index in [9.17, 15) is 5.11 Å². The number of aliphatic hydroxyl groups is 1. The van der Waals surface area contributed by atoms with Crippen molar-refractivity contribution in [3.8, 4) is 0 Å². The molecular formula is C10H20O2. The summed E-state index contributed by atoms with van der Waals surface area (Å²) in [5.41, 5.74) is -0.539. The Morgan fingerprint density at radius 1 is 1.50 bits per heavy atom. The fraction of sp³-hybridized carbons (Fsp3) is 1.00. The first-order valence-corrected chi connectivity index (χ1v) is 4.80. The largest absolute Gasteiger partial charge is 0.387 e. The van der Waals surface area contributed by atoms with Crippen LogP contribution in [-0.2, 0) is 4.74 Å². The molecule has 0 aromatic carbocycles. The van der Waals surface area contributed by atoms with Gasteiger partial charge in [0.25, 0.3) is 0 Å². The highest BCUT2D eigenvalue weighted by Crippen LogP contribution is 2.42. The second kappa shape index (κ2) is 3.75. The first-order valence-electron chi connectivity index (χ1n) is 4.80. The Morgan fingerprint density at radius 3 is 2.42 bits per heavy atom. The SMILES string of the molecule is COCC(O)(CC(C)C)C1CC1. The first kappa shape index (κ1) is 10.0. The standard InChI is InChI=1S/C10H20O2/c1-8(2)6-10(11,7-12-3)9-4-5-9/h8-9,11H,4-7H2,1-3H3. The Hall–Kier alpha value is -0.0800. The molecule has 0 aromatic heterocycles. The van der Waals surface area contributed by atoms with Crippen molar-refractivity contribution in [1.29, 1.82) is 0 Å². The Labute approximate surface area is 74.9 Å². The van der Waals surface area contributed by atoms with E-state index in [1.807, 2.05) is 0 Å². The van der Waals surface area contributed by atoms with Gasteiger partial charge in [0.1, 0.15) is 0 Å². The summed E-state index contributed by atoms with van der Waals surface area (Å²) in [5, 5.41) is 10.2. The molecule has 1 aliphatic carbocycles. The van der Waals surface area contributed by atoms with Crippen LogP contribution in [0.25, 0.3) is 0 Å². The number of hydrogen-bond donors (Lipinski definition) is 1. The van der Waals surface area contributed by atoms with Gasteiger partial charge in [0.05, 0.1) is 12.2 Å². The van der Waals surface area contributed by atoms with Gasteiger partial charge in [-0.3, -0.25) is 0 Å². The van der Waals surface area contributed by atoms with E-state index in [0.29, 0.717) is 18.4 Å². The summed E-state index contributed by atoms with van der Waals surface area (Å²) in [4.78, 5) is 0. The summed E-state index contributed by atoms with van der Waals surface area (Å²) >= 11 is 0. The minimum atomic E-state index is -0.539. The van der Waals surface area contributed by atoms with Crippen LogP contribution in [0.2, 0.25) is 0 Å². The zero-order chi connectivity index (χ0) is 9.19. The van der Waals surface area contributed by atoms with Gasteiger partial charge in [0.15, 0.2) is 0 Å². The zero-order valence-corrected chi connectivity index (χ0v) is 8.34. The molecule has 1 N–H and O–H groups in total. The maximum atomic E-state index is 10.2. The molecule has 1 atom stereocenters. The van der Waals surface area contributed by atoms with Crippen molar-refractivity contribution in [2.75, 3.05) is 13.7 Å². The molecule has 1 aliphatic rings. The van der Waals surface area contributed by atoms with E-state index < -0.39 is 5.60 Å². The van der Waals surface area contributed by atoms with Crippen LogP contribution in [0.4, 0.5) is 0 Å². The fourth-order valence-corrected chi connectivity index (χ4v) is 1.92. The molecule has 1 rings (SSSR count). The van der Waals surface area contributed by atoms with Crippen molar-refractivity contribution >= 4 is 0 Å². The van der Waals surface area contributed by atoms with Crippen molar-refractivity contribution in [1.82, 2.24) is 0 Å². The molecule has 0 heterocycles. The van der Waals surface area contributed by atoms with Crippen LogP contribution in [0.3, 0.4) is 0 Å². The number of rotatable bonds is 5. The highest BCUT2D eigenvalue weighted by Gasteiger charge is 2.43. The highest BCUT2D eigenvalue weighted by atomic mass is 16.5. The van der Waals surface area contributed by atoms with Crippen molar-refractivity contribution in [3.05, 3.63) is 0 Å². The van der Waals surface area contributed by atoms with Gasteiger partial charge in [-0.1, -0.05) is 13.8 Å². The monoisotopic (exact) mass is 172 g/mol. The van der Waals surface area contributed by atoms with Gasteiger partial charge in [-0.05, 0) is 31.1 Å². The summed E-state index contributed by atoms with van der Waals surface area (Å²) in [6.07, 6.45) is 3.21. The average molecular weight is 172 g/mol. The second-order valence-corrected chi connectivity index (χ2v) is 4.41. The molecular weight excluding hydrogens is 152 g/mol. The van der Waals surface area contributed by atoms with Gasteiger partial charge in [-0.2, -0.15) is 0 Å². The maximum absolute atomic E-state index is 10.2. The highest BCUT2D eigenvalue weighted by molar-refractivity contribution is 4.95. The lowest BCUT2D eigenvalue weighted by molar-refractivity contribution is -0.0614. The molecule has 1 fully saturated rings. The van der Waals surface area contributed by atoms with Gasteiger partial charge in [0.2, 0.25) is 0 Å². The molecule has 0 amide bonds. The van der Waals surface area contributed by atoms with Gasteiger partial charge in [0, 0.05) is 7.11 Å². The third-order valence-electron chi connectivity index (χ3n) is 2.49. The van der Waals surface area contributed by atoms with Crippen LogP contribution < -0.4 is 0 Å². The number of ether oxygens (including phenoxy) is 1. The van der Waals surface area contributed by atoms with Crippen molar-refractivity contribution in [3.63, 3.8) is 0 Å².